The Kier molecular flexibility index (Phi) is 13.4. The van der Waals surface area contributed by atoms with E-state index in [1.165, 1.54) is 51.4 Å². The van der Waals surface area contributed by atoms with Crippen LogP contribution in [0.25, 0.3) is 0 Å². The molecular formula is C32H57ClN2O2S2. The van der Waals surface area contributed by atoms with Crippen molar-refractivity contribution in [2.45, 2.75) is 111 Å². The number of fused-ring (bicyclic) bond motifs is 5. The Morgan fingerprint density at radius 2 is 1.72 bits per heavy atom. The Bertz CT molecular complexity index is 805. The molecule has 0 saturated heterocycles. The van der Waals surface area contributed by atoms with Gasteiger partial charge >= 0.3 is 5.43 Å². The summed E-state index contributed by atoms with van der Waals surface area (Å²) < 4.78 is 5.38. The monoisotopic (exact) mass is 600 g/mol. The summed E-state index contributed by atoms with van der Waals surface area (Å²) in [7, 11) is 3.58. The van der Waals surface area contributed by atoms with Crippen LogP contribution in [0.4, 0.5) is 4.79 Å². The first-order valence-corrected chi connectivity index (χ1v) is 18.6. The Hall–Kier alpha value is 0.120. The van der Waals surface area contributed by atoms with Gasteiger partial charge in [-0.25, -0.2) is 4.79 Å². The van der Waals surface area contributed by atoms with Crippen molar-refractivity contribution >= 4 is 38.6 Å². The molecule has 0 bridgehead atoms. The highest BCUT2D eigenvalue weighted by Gasteiger charge is 2.59. The van der Waals surface area contributed by atoms with Crippen molar-refractivity contribution < 1.29 is 9.53 Å². The minimum absolute atomic E-state index is 0.0164. The smallest absolute Gasteiger partial charge is 0.404 e. The van der Waals surface area contributed by atoms with E-state index >= 15 is 0 Å². The molecule has 4 rings (SSSR count). The molecule has 0 aromatic heterocycles. The van der Waals surface area contributed by atoms with Gasteiger partial charge in [0.25, 0.3) is 0 Å². The van der Waals surface area contributed by atoms with Gasteiger partial charge in [0.2, 0.25) is 0 Å². The fourth-order valence-corrected chi connectivity index (χ4v) is 10.9. The van der Waals surface area contributed by atoms with Crippen molar-refractivity contribution in [2.24, 2.45) is 57.8 Å². The number of nitrogens with two attached hydrogens (primary N) is 2. The van der Waals surface area contributed by atoms with Gasteiger partial charge in [-0.05, 0) is 91.3 Å². The van der Waals surface area contributed by atoms with Crippen LogP contribution in [-0.4, -0.2) is 36.1 Å². The summed E-state index contributed by atoms with van der Waals surface area (Å²) in [5, 5.41) is 0. The van der Waals surface area contributed by atoms with Gasteiger partial charge in [-0.15, -0.1) is 0 Å². The molecule has 4 nitrogen and oxygen atoms in total. The van der Waals surface area contributed by atoms with E-state index in [9.17, 15) is 4.79 Å². The maximum atomic E-state index is 11.2. The second-order valence-corrected chi connectivity index (χ2v) is 16.7. The Morgan fingerprint density at radius 1 is 1.03 bits per heavy atom. The van der Waals surface area contributed by atoms with Crippen LogP contribution in [0, 0.1) is 46.3 Å². The summed E-state index contributed by atoms with van der Waals surface area (Å²) in [6.45, 7) is 14.0. The fourth-order valence-electron chi connectivity index (χ4n) is 9.10. The second kappa shape index (κ2) is 15.5. The van der Waals surface area contributed by atoms with E-state index < -0.39 is 5.43 Å². The van der Waals surface area contributed by atoms with E-state index in [0.717, 1.165) is 79.4 Å². The predicted octanol–water partition coefficient (Wildman–Crippen LogP) is 9.06. The highest BCUT2D eigenvalue weighted by atomic mass is 35.5. The van der Waals surface area contributed by atoms with Crippen molar-refractivity contribution in [1.82, 2.24) is 0 Å². The zero-order valence-electron chi connectivity index (χ0n) is 25.4. The maximum Gasteiger partial charge on any atom is 0.404 e. The molecular weight excluding hydrogens is 544 g/mol. The van der Waals surface area contributed by atoms with Crippen LogP contribution in [0.1, 0.15) is 105 Å². The molecule has 4 aliphatic rings. The third-order valence-corrected chi connectivity index (χ3v) is 13.6. The quantitative estimate of drug-likeness (QED) is 0.107. The Balaban J connectivity index is 0.000000459. The lowest BCUT2D eigenvalue weighted by molar-refractivity contribution is -0.0573. The number of carbonyl (C=O) groups excluding carboxylic acids is 1. The molecule has 3 fully saturated rings. The normalized spacial score (nSPS) is 36.1. The van der Waals surface area contributed by atoms with Crippen LogP contribution >= 0.6 is 33.2 Å². The molecule has 0 radical (unpaired) electrons. The highest BCUT2D eigenvalue weighted by molar-refractivity contribution is 8.76. The van der Waals surface area contributed by atoms with E-state index in [1.54, 1.807) is 27.2 Å². The third-order valence-electron chi connectivity index (χ3n) is 11.0. The van der Waals surface area contributed by atoms with Crippen LogP contribution in [0.15, 0.2) is 11.6 Å². The van der Waals surface area contributed by atoms with E-state index in [1.807, 2.05) is 0 Å². The molecule has 0 amide bonds. The van der Waals surface area contributed by atoms with Crippen molar-refractivity contribution in [2.75, 3.05) is 24.6 Å². The van der Waals surface area contributed by atoms with Crippen LogP contribution in [0.5, 0.6) is 0 Å². The standard InChI is InChI=1S/C28H45ClO2.C4H12N2S2/c1-18(2)7-6-8-19(3)23-11-12-24-22-10-9-20-17-21(31-26(29)30)13-15-27(20,4)25(22)14-16-28(23,24)5;5-1-3-7-8-4-2-6/h9,18-19,21-25H,6-8,10-17H2,1-5H3;1-6H2/t19?,21-,22-,23+,24-,25-,27-,28+;/m0./s1. The highest BCUT2D eigenvalue weighted by Crippen LogP contribution is 2.67. The lowest BCUT2D eigenvalue weighted by Crippen LogP contribution is -2.51. The summed E-state index contributed by atoms with van der Waals surface area (Å²) in [6.07, 6.45) is 16.7. The number of halogens is 1. The molecule has 8 atom stereocenters. The minimum atomic E-state index is -0.643. The number of hydrogen-bond acceptors (Lipinski definition) is 6. The number of hydrogen-bond donors (Lipinski definition) is 2. The average molecular weight is 601 g/mol. The van der Waals surface area contributed by atoms with Crippen LogP contribution in [0.3, 0.4) is 0 Å². The largest absolute Gasteiger partial charge is 0.450 e. The molecule has 39 heavy (non-hydrogen) atoms. The molecule has 0 aromatic rings. The van der Waals surface area contributed by atoms with E-state index in [4.69, 9.17) is 27.8 Å². The molecule has 0 aliphatic heterocycles. The number of rotatable bonds is 11. The van der Waals surface area contributed by atoms with E-state index in [2.05, 4.69) is 40.7 Å². The fraction of sp³-hybridized carbons (Fsp3) is 0.906. The lowest BCUT2D eigenvalue weighted by atomic mass is 9.47. The van der Waals surface area contributed by atoms with Gasteiger partial charge in [-0.3, -0.25) is 0 Å². The third kappa shape index (κ3) is 8.36. The summed E-state index contributed by atoms with van der Waals surface area (Å²) in [6, 6.07) is 0. The summed E-state index contributed by atoms with van der Waals surface area (Å²) in [4.78, 5) is 11.2. The topological polar surface area (TPSA) is 78.3 Å². The molecule has 226 valence electrons. The SMILES string of the molecule is CC(C)CCCC(C)[C@H]1CC[C@H]2[C@@H]3CC=C4C[C@@H](OC(=O)Cl)CC[C@]4(C)[C@H]3CC[C@]12C.NCCSSCCN. The summed E-state index contributed by atoms with van der Waals surface area (Å²) >= 11 is 5.51. The van der Waals surface area contributed by atoms with Crippen molar-refractivity contribution in [1.29, 1.82) is 0 Å². The Morgan fingerprint density at radius 3 is 2.33 bits per heavy atom. The molecule has 3 saturated carbocycles. The van der Waals surface area contributed by atoms with Crippen molar-refractivity contribution in [3.05, 3.63) is 11.6 Å². The Labute approximate surface area is 252 Å². The van der Waals surface area contributed by atoms with E-state index in [-0.39, 0.29) is 6.10 Å². The molecule has 0 spiro atoms. The number of allylic oxidation sites excluding steroid dienone is 1. The molecule has 0 heterocycles. The van der Waals surface area contributed by atoms with Crippen molar-refractivity contribution in [3.8, 4) is 0 Å². The van der Waals surface area contributed by atoms with Gasteiger partial charge in [-0.2, -0.15) is 0 Å². The first-order valence-electron chi connectivity index (χ1n) is 15.8. The van der Waals surface area contributed by atoms with Crippen LogP contribution < -0.4 is 11.5 Å². The summed E-state index contributed by atoms with van der Waals surface area (Å²) in [5.41, 5.74) is 12.3. The molecule has 0 aromatic carbocycles. The van der Waals surface area contributed by atoms with Gasteiger partial charge in [0, 0.05) is 42.6 Å². The first-order chi connectivity index (χ1) is 18.6. The van der Waals surface area contributed by atoms with Crippen LogP contribution in [0.2, 0.25) is 0 Å². The van der Waals surface area contributed by atoms with Crippen molar-refractivity contribution in [3.63, 3.8) is 0 Å². The zero-order valence-corrected chi connectivity index (χ0v) is 27.8. The predicted molar refractivity (Wildman–Crippen MR) is 172 cm³/mol. The first kappa shape index (κ1) is 33.6. The van der Waals surface area contributed by atoms with Gasteiger partial charge in [-0.1, -0.05) is 87.1 Å². The number of ether oxygens (including phenoxy) is 1. The molecule has 4 N–H and O–H groups in total. The van der Waals surface area contributed by atoms with Gasteiger partial charge in [0.05, 0.1) is 0 Å². The minimum Gasteiger partial charge on any atom is -0.450 e. The summed E-state index contributed by atoms with van der Waals surface area (Å²) in [5.74, 6) is 7.26. The van der Waals surface area contributed by atoms with Crippen LogP contribution in [-0.2, 0) is 4.74 Å². The van der Waals surface area contributed by atoms with E-state index in [0.29, 0.717) is 10.8 Å². The van der Waals surface area contributed by atoms with Gasteiger partial charge in [0.15, 0.2) is 0 Å². The molecule has 4 aliphatic carbocycles. The van der Waals surface area contributed by atoms with Gasteiger partial charge in [0.1, 0.15) is 6.10 Å². The number of carbonyl (C=O) groups is 1. The molecule has 1 unspecified atom stereocenters. The lowest BCUT2D eigenvalue weighted by Gasteiger charge is -2.58. The van der Waals surface area contributed by atoms with Gasteiger partial charge < -0.3 is 16.2 Å². The maximum absolute atomic E-state index is 11.2. The second-order valence-electron chi connectivity index (χ2n) is 13.7. The zero-order chi connectivity index (χ0) is 28.6. The average Bonchev–Trinajstić information content (AvgIpc) is 3.24. The molecule has 7 heteroatoms.